The summed E-state index contributed by atoms with van der Waals surface area (Å²) in [5, 5.41) is 14.6. The van der Waals surface area contributed by atoms with E-state index in [2.05, 4.69) is 10.6 Å². The molecular formula is C20H22N2O4. The van der Waals surface area contributed by atoms with Crippen LogP contribution in [0.5, 0.6) is 11.5 Å². The Morgan fingerprint density at radius 2 is 1.69 bits per heavy atom. The summed E-state index contributed by atoms with van der Waals surface area (Å²) < 4.78 is 5.48. The van der Waals surface area contributed by atoms with E-state index in [1.807, 2.05) is 30.3 Å². The minimum atomic E-state index is -0.687. The highest BCUT2D eigenvalue weighted by Crippen LogP contribution is 2.17. The summed E-state index contributed by atoms with van der Waals surface area (Å²) in [6.45, 7) is 2.24. The molecule has 1 unspecified atom stereocenters. The van der Waals surface area contributed by atoms with Crippen LogP contribution in [0.4, 0.5) is 0 Å². The van der Waals surface area contributed by atoms with Gasteiger partial charge in [-0.25, -0.2) is 0 Å². The molecule has 0 fully saturated rings. The Kier molecular flexibility index (Phi) is 7.24. The van der Waals surface area contributed by atoms with Crippen LogP contribution in [-0.4, -0.2) is 36.1 Å². The molecule has 26 heavy (non-hydrogen) atoms. The molecule has 6 nitrogen and oxygen atoms in total. The van der Waals surface area contributed by atoms with Crippen molar-refractivity contribution in [2.24, 2.45) is 0 Å². The lowest BCUT2D eigenvalue weighted by Crippen LogP contribution is -2.40. The molecule has 1 atom stereocenters. The number of amides is 2. The maximum atomic E-state index is 12.0. The van der Waals surface area contributed by atoms with Gasteiger partial charge in [0.25, 0.3) is 5.91 Å². The normalized spacial score (nSPS) is 11.7. The van der Waals surface area contributed by atoms with Gasteiger partial charge in [-0.2, -0.15) is 0 Å². The van der Waals surface area contributed by atoms with E-state index in [1.54, 1.807) is 25.1 Å². The predicted molar refractivity (Wildman–Crippen MR) is 99.7 cm³/mol. The molecule has 0 heterocycles. The molecule has 2 rings (SSSR count). The summed E-state index contributed by atoms with van der Waals surface area (Å²) in [6, 6.07) is 15.6. The zero-order chi connectivity index (χ0) is 18.8. The average molecular weight is 354 g/mol. The van der Waals surface area contributed by atoms with Gasteiger partial charge < -0.3 is 20.5 Å². The van der Waals surface area contributed by atoms with E-state index in [4.69, 9.17) is 4.74 Å². The van der Waals surface area contributed by atoms with Gasteiger partial charge in [-0.05, 0) is 42.8 Å². The third kappa shape index (κ3) is 6.68. The zero-order valence-electron chi connectivity index (χ0n) is 14.5. The van der Waals surface area contributed by atoms with E-state index < -0.39 is 6.10 Å². The summed E-state index contributed by atoms with van der Waals surface area (Å²) in [5.74, 6) is 0.111. The number of hydrogen-bond acceptors (Lipinski definition) is 4. The Balaban J connectivity index is 1.65. The first-order valence-electron chi connectivity index (χ1n) is 8.29. The van der Waals surface area contributed by atoms with Crippen molar-refractivity contribution in [2.75, 3.05) is 13.1 Å². The van der Waals surface area contributed by atoms with Gasteiger partial charge in [-0.15, -0.1) is 0 Å². The Morgan fingerprint density at radius 3 is 2.38 bits per heavy atom. The third-order valence-corrected chi connectivity index (χ3v) is 3.47. The predicted octanol–water partition coefficient (Wildman–Crippen LogP) is 2.11. The number of phenols is 1. The highest BCUT2D eigenvalue weighted by Gasteiger charge is 2.13. The van der Waals surface area contributed by atoms with Gasteiger partial charge in [0, 0.05) is 19.2 Å². The van der Waals surface area contributed by atoms with Crippen molar-refractivity contribution in [1.82, 2.24) is 10.6 Å². The van der Waals surface area contributed by atoms with Crippen LogP contribution in [0.2, 0.25) is 0 Å². The Labute approximate surface area is 152 Å². The first-order valence-corrected chi connectivity index (χ1v) is 8.29. The fourth-order valence-corrected chi connectivity index (χ4v) is 2.09. The number of phenolic OH excluding ortho intramolecular Hbond substituents is 1. The van der Waals surface area contributed by atoms with E-state index >= 15 is 0 Å². The molecule has 0 aliphatic heterocycles. The number of rotatable bonds is 8. The highest BCUT2D eigenvalue weighted by atomic mass is 16.5. The van der Waals surface area contributed by atoms with Crippen LogP contribution >= 0.6 is 0 Å². The van der Waals surface area contributed by atoms with E-state index in [0.717, 1.165) is 5.56 Å². The molecule has 0 bridgehead atoms. The monoisotopic (exact) mass is 354 g/mol. The number of nitrogens with one attached hydrogen (secondary N) is 2. The van der Waals surface area contributed by atoms with E-state index in [-0.39, 0.29) is 17.6 Å². The largest absolute Gasteiger partial charge is 0.508 e. The fraction of sp³-hybridized carbons (Fsp3) is 0.200. The SMILES string of the molecule is CC(Oc1ccc(O)cc1)C(=O)NCCNC(=O)/C=C/c1ccccc1. The third-order valence-electron chi connectivity index (χ3n) is 3.47. The van der Waals surface area contributed by atoms with E-state index in [9.17, 15) is 14.7 Å². The van der Waals surface area contributed by atoms with Crippen LogP contribution in [0, 0.1) is 0 Å². The van der Waals surface area contributed by atoms with Gasteiger partial charge in [0.15, 0.2) is 6.10 Å². The molecule has 0 aliphatic rings. The molecule has 3 N–H and O–H groups in total. The van der Waals surface area contributed by atoms with Crippen molar-refractivity contribution in [3.63, 3.8) is 0 Å². The summed E-state index contributed by atoms with van der Waals surface area (Å²) in [6.07, 6.45) is 2.49. The first-order chi connectivity index (χ1) is 12.5. The summed E-state index contributed by atoms with van der Waals surface area (Å²) in [5.41, 5.74) is 0.941. The van der Waals surface area contributed by atoms with Crippen molar-refractivity contribution >= 4 is 17.9 Å². The molecule has 0 saturated heterocycles. The molecular weight excluding hydrogens is 332 g/mol. The van der Waals surface area contributed by atoms with Crippen LogP contribution in [-0.2, 0) is 9.59 Å². The first kappa shape index (κ1) is 19.1. The molecule has 2 aromatic carbocycles. The van der Waals surface area contributed by atoms with Crippen molar-refractivity contribution in [3.8, 4) is 11.5 Å². The van der Waals surface area contributed by atoms with Crippen LogP contribution in [0.1, 0.15) is 12.5 Å². The standard InChI is InChI=1S/C20H22N2O4/c1-15(26-18-10-8-17(23)9-11-18)20(25)22-14-13-21-19(24)12-7-16-5-3-2-4-6-16/h2-12,15,23H,13-14H2,1H3,(H,21,24)(H,22,25)/b12-7+. The van der Waals surface area contributed by atoms with Gasteiger partial charge in [0.2, 0.25) is 5.91 Å². The van der Waals surface area contributed by atoms with Gasteiger partial charge in [0.1, 0.15) is 11.5 Å². The number of carbonyl (C=O) groups excluding carboxylic acids is 2. The molecule has 2 aromatic rings. The lowest BCUT2D eigenvalue weighted by atomic mass is 10.2. The molecule has 0 saturated carbocycles. The van der Waals surface area contributed by atoms with Crippen molar-refractivity contribution in [3.05, 3.63) is 66.2 Å². The van der Waals surface area contributed by atoms with Crippen LogP contribution in [0.3, 0.4) is 0 Å². The number of ether oxygens (including phenoxy) is 1. The maximum absolute atomic E-state index is 12.0. The Hall–Kier alpha value is -3.28. The molecule has 0 aliphatic carbocycles. The molecule has 0 radical (unpaired) electrons. The average Bonchev–Trinajstić information content (AvgIpc) is 2.66. The zero-order valence-corrected chi connectivity index (χ0v) is 14.5. The summed E-state index contributed by atoms with van der Waals surface area (Å²) >= 11 is 0. The smallest absolute Gasteiger partial charge is 0.260 e. The molecule has 6 heteroatoms. The number of aromatic hydroxyl groups is 1. The number of benzene rings is 2. The van der Waals surface area contributed by atoms with Gasteiger partial charge >= 0.3 is 0 Å². The van der Waals surface area contributed by atoms with E-state index in [1.165, 1.54) is 18.2 Å². The van der Waals surface area contributed by atoms with Gasteiger partial charge in [-0.3, -0.25) is 9.59 Å². The van der Waals surface area contributed by atoms with Crippen LogP contribution in [0.25, 0.3) is 6.08 Å². The lowest BCUT2D eigenvalue weighted by molar-refractivity contribution is -0.127. The second-order valence-corrected chi connectivity index (χ2v) is 5.58. The lowest BCUT2D eigenvalue weighted by Gasteiger charge is -2.14. The van der Waals surface area contributed by atoms with Crippen LogP contribution < -0.4 is 15.4 Å². The summed E-state index contributed by atoms with van der Waals surface area (Å²) in [7, 11) is 0. The van der Waals surface area contributed by atoms with Crippen molar-refractivity contribution in [2.45, 2.75) is 13.0 Å². The van der Waals surface area contributed by atoms with E-state index in [0.29, 0.717) is 18.8 Å². The highest BCUT2D eigenvalue weighted by molar-refractivity contribution is 5.91. The topological polar surface area (TPSA) is 87.7 Å². The van der Waals surface area contributed by atoms with Crippen molar-refractivity contribution < 1.29 is 19.4 Å². The molecule has 0 aromatic heterocycles. The van der Waals surface area contributed by atoms with Crippen LogP contribution in [0.15, 0.2) is 60.7 Å². The fourth-order valence-electron chi connectivity index (χ4n) is 2.09. The van der Waals surface area contributed by atoms with Gasteiger partial charge in [0.05, 0.1) is 0 Å². The summed E-state index contributed by atoms with van der Waals surface area (Å²) in [4.78, 5) is 23.7. The molecule has 2 amide bonds. The number of hydrogen-bond donors (Lipinski definition) is 3. The Bertz CT molecular complexity index is 742. The minimum absolute atomic E-state index is 0.131. The quantitative estimate of drug-likeness (QED) is 0.500. The molecule has 136 valence electrons. The van der Waals surface area contributed by atoms with Gasteiger partial charge in [-0.1, -0.05) is 30.3 Å². The second kappa shape index (κ2) is 9.88. The second-order valence-electron chi connectivity index (χ2n) is 5.58. The maximum Gasteiger partial charge on any atom is 0.260 e. The number of carbonyl (C=O) groups is 2. The van der Waals surface area contributed by atoms with Crippen molar-refractivity contribution in [1.29, 1.82) is 0 Å². The Morgan fingerprint density at radius 1 is 1.04 bits per heavy atom. The minimum Gasteiger partial charge on any atom is -0.508 e. The molecule has 0 spiro atoms.